The lowest BCUT2D eigenvalue weighted by atomic mass is 9.96. The molecule has 7 heteroatoms. The van der Waals surface area contributed by atoms with Gasteiger partial charge in [0, 0.05) is 29.7 Å². The number of anilines is 1. The highest BCUT2D eigenvalue weighted by Crippen LogP contribution is 2.37. The van der Waals surface area contributed by atoms with Gasteiger partial charge in [-0.05, 0) is 54.5 Å². The molecule has 0 aromatic heterocycles. The molecule has 1 amide bonds. The second-order valence-electron chi connectivity index (χ2n) is 7.47. The van der Waals surface area contributed by atoms with Crippen LogP contribution in [0.4, 0.5) is 5.69 Å². The highest BCUT2D eigenvalue weighted by Gasteiger charge is 2.34. The van der Waals surface area contributed by atoms with Crippen molar-refractivity contribution in [2.24, 2.45) is 5.92 Å². The van der Waals surface area contributed by atoms with Crippen LogP contribution in [0.15, 0.2) is 66.5 Å². The van der Waals surface area contributed by atoms with Crippen molar-refractivity contribution in [2.45, 2.75) is 12.5 Å². The van der Waals surface area contributed by atoms with Crippen molar-refractivity contribution in [1.29, 1.82) is 0 Å². The predicted molar refractivity (Wildman–Crippen MR) is 123 cm³/mol. The third-order valence-electron chi connectivity index (χ3n) is 5.56. The van der Waals surface area contributed by atoms with E-state index in [4.69, 9.17) is 34.8 Å². The van der Waals surface area contributed by atoms with E-state index in [0.29, 0.717) is 41.1 Å². The maximum Gasteiger partial charge on any atom is 0.229 e. The molecule has 0 spiro atoms. The zero-order valence-electron chi connectivity index (χ0n) is 16.1. The molecule has 156 valence electrons. The third kappa shape index (κ3) is 4.46. The van der Waals surface area contributed by atoms with Crippen LogP contribution >= 0.6 is 34.8 Å². The van der Waals surface area contributed by atoms with Crippen LogP contribution in [0.1, 0.15) is 18.0 Å². The summed E-state index contributed by atoms with van der Waals surface area (Å²) in [5.74, 6) is 0.0218. The molecule has 1 aliphatic heterocycles. The van der Waals surface area contributed by atoms with Gasteiger partial charge in [-0.25, -0.2) is 0 Å². The molecule has 2 atom stereocenters. The van der Waals surface area contributed by atoms with Gasteiger partial charge in [0.25, 0.3) is 0 Å². The summed E-state index contributed by atoms with van der Waals surface area (Å²) >= 11 is 18.7. The number of nitrogens with zero attached hydrogens (tertiary/aromatic N) is 2. The molecule has 0 radical (unpaired) electrons. The van der Waals surface area contributed by atoms with Gasteiger partial charge >= 0.3 is 0 Å². The molecule has 2 unspecified atom stereocenters. The number of carbonyl (C=O) groups excluding carboxylic acids is 1. The number of allylic oxidation sites excluding steroid dienone is 2. The Kier molecular flexibility index (Phi) is 6.28. The number of hydrogen-bond donors (Lipinski definition) is 1. The Balaban J connectivity index is 1.62. The van der Waals surface area contributed by atoms with E-state index >= 15 is 0 Å². The number of benzene rings is 2. The van der Waals surface area contributed by atoms with Gasteiger partial charge in [0.15, 0.2) is 0 Å². The van der Waals surface area contributed by atoms with E-state index < -0.39 is 0 Å². The van der Waals surface area contributed by atoms with E-state index in [-0.39, 0.29) is 23.6 Å². The summed E-state index contributed by atoms with van der Waals surface area (Å²) < 4.78 is 0. The Morgan fingerprint density at radius 1 is 1.00 bits per heavy atom. The minimum Gasteiger partial charge on any atom is -0.508 e. The summed E-state index contributed by atoms with van der Waals surface area (Å²) in [6.07, 6.45) is 5.56. The number of hydrogen-bond acceptors (Lipinski definition) is 3. The standard InChI is InChI=1S/C23H21Cl3N2O2/c24-17-5-1-15(2-6-17)22-14-27(23(30)16-3-8-19(29)9-4-16)11-12-28(22)21-10-7-18(25)13-20(21)26/h1-3,5-10,13,16,22,29H,4,11-12,14H2. The first-order chi connectivity index (χ1) is 14.4. The number of amides is 1. The molecule has 2 aromatic rings. The number of carbonyl (C=O) groups is 1. The first-order valence-electron chi connectivity index (χ1n) is 9.75. The topological polar surface area (TPSA) is 43.8 Å². The Morgan fingerprint density at radius 2 is 1.73 bits per heavy atom. The molecule has 1 fully saturated rings. The van der Waals surface area contributed by atoms with Gasteiger partial charge in [0.05, 0.1) is 22.7 Å². The van der Waals surface area contributed by atoms with Gasteiger partial charge in [-0.2, -0.15) is 0 Å². The average molecular weight is 464 g/mol. The monoisotopic (exact) mass is 462 g/mol. The average Bonchev–Trinajstić information content (AvgIpc) is 2.74. The highest BCUT2D eigenvalue weighted by molar-refractivity contribution is 6.36. The van der Waals surface area contributed by atoms with Crippen LogP contribution in [0.3, 0.4) is 0 Å². The molecule has 1 saturated heterocycles. The molecule has 2 aromatic carbocycles. The predicted octanol–water partition coefficient (Wildman–Crippen LogP) is 6.05. The fourth-order valence-electron chi connectivity index (χ4n) is 3.98. The van der Waals surface area contributed by atoms with Crippen LogP contribution in [-0.2, 0) is 4.79 Å². The lowest BCUT2D eigenvalue weighted by molar-refractivity contribution is -0.134. The van der Waals surface area contributed by atoms with Crippen molar-refractivity contribution < 1.29 is 9.90 Å². The fourth-order valence-corrected chi connectivity index (χ4v) is 4.63. The van der Waals surface area contributed by atoms with Gasteiger partial charge in [-0.1, -0.05) is 53.0 Å². The summed E-state index contributed by atoms with van der Waals surface area (Å²) in [5.41, 5.74) is 1.94. The van der Waals surface area contributed by atoms with Crippen LogP contribution in [-0.4, -0.2) is 35.5 Å². The lowest BCUT2D eigenvalue weighted by Crippen LogP contribution is -2.52. The molecule has 4 nitrogen and oxygen atoms in total. The van der Waals surface area contributed by atoms with Crippen molar-refractivity contribution in [3.05, 3.63) is 87.1 Å². The minimum absolute atomic E-state index is 0.0656. The van der Waals surface area contributed by atoms with Gasteiger partial charge in [0.1, 0.15) is 5.76 Å². The Hall–Kier alpha value is -2.14. The van der Waals surface area contributed by atoms with Gasteiger partial charge < -0.3 is 14.9 Å². The molecule has 4 rings (SSSR count). The SMILES string of the molecule is O=C(C1C=CC(O)=CC1)N1CCN(c2ccc(Cl)cc2Cl)C(c2ccc(Cl)cc2)C1. The molecule has 0 bridgehead atoms. The molecular weight excluding hydrogens is 443 g/mol. The Morgan fingerprint density at radius 3 is 2.40 bits per heavy atom. The van der Waals surface area contributed by atoms with E-state index in [1.807, 2.05) is 41.3 Å². The van der Waals surface area contributed by atoms with Crippen molar-refractivity contribution in [2.75, 3.05) is 24.5 Å². The molecular formula is C23H21Cl3N2O2. The second kappa shape index (κ2) is 8.93. The van der Waals surface area contributed by atoms with Gasteiger partial charge in [0.2, 0.25) is 5.91 Å². The summed E-state index contributed by atoms with van der Waals surface area (Å²) in [4.78, 5) is 17.2. The van der Waals surface area contributed by atoms with Crippen LogP contribution in [0.2, 0.25) is 15.1 Å². The maximum atomic E-state index is 13.1. The quantitative estimate of drug-likeness (QED) is 0.602. The summed E-state index contributed by atoms with van der Waals surface area (Å²) in [7, 11) is 0. The molecule has 30 heavy (non-hydrogen) atoms. The molecule has 1 heterocycles. The van der Waals surface area contributed by atoms with Crippen LogP contribution in [0, 0.1) is 5.92 Å². The molecule has 1 N–H and O–H groups in total. The van der Waals surface area contributed by atoms with Gasteiger partial charge in [-0.15, -0.1) is 0 Å². The maximum absolute atomic E-state index is 13.1. The first kappa shape index (κ1) is 21.1. The molecule has 0 saturated carbocycles. The largest absolute Gasteiger partial charge is 0.508 e. The lowest BCUT2D eigenvalue weighted by Gasteiger charge is -2.44. The van der Waals surface area contributed by atoms with Crippen molar-refractivity contribution >= 4 is 46.4 Å². The second-order valence-corrected chi connectivity index (χ2v) is 8.75. The van der Waals surface area contributed by atoms with Crippen LogP contribution in [0.5, 0.6) is 0 Å². The number of aliphatic hydroxyl groups is 1. The number of piperazine rings is 1. The van der Waals surface area contributed by atoms with E-state index in [1.54, 1.807) is 24.3 Å². The van der Waals surface area contributed by atoms with E-state index in [1.165, 1.54) is 0 Å². The summed E-state index contributed by atoms with van der Waals surface area (Å²) in [5, 5.41) is 11.4. The first-order valence-corrected chi connectivity index (χ1v) is 10.9. The minimum atomic E-state index is -0.252. The number of rotatable bonds is 3. The summed E-state index contributed by atoms with van der Waals surface area (Å²) in [6.45, 7) is 1.75. The molecule has 1 aliphatic carbocycles. The Bertz CT molecular complexity index is 1000. The number of aliphatic hydroxyl groups excluding tert-OH is 1. The van der Waals surface area contributed by atoms with Crippen molar-refractivity contribution in [3.8, 4) is 0 Å². The van der Waals surface area contributed by atoms with Crippen LogP contribution < -0.4 is 4.90 Å². The molecule has 2 aliphatic rings. The zero-order chi connectivity index (χ0) is 21.3. The zero-order valence-corrected chi connectivity index (χ0v) is 18.4. The highest BCUT2D eigenvalue weighted by atomic mass is 35.5. The van der Waals surface area contributed by atoms with Crippen LogP contribution in [0.25, 0.3) is 0 Å². The summed E-state index contributed by atoms with van der Waals surface area (Å²) in [6, 6.07) is 13.1. The Labute approximate surface area is 190 Å². The van der Waals surface area contributed by atoms with Crippen molar-refractivity contribution in [3.63, 3.8) is 0 Å². The fraction of sp³-hybridized carbons (Fsp3) is 0.261. The smallest absolute Gasteiger partial charge is 0.229 e. The van der Waals surface area contributed by atoms with Gasteiger partial charge in [-0.3, -0.25) is 4.79 Å². The number of halogens is 3. The van der Waals surface area contributed by atoms with E-state index in [9.17, 15) is 9.90 Å². The van der Waals surface area contributed by atoms with E-state index in [0.717, 1.165) is 11.3 Å². The van der Waals surface area contributed by atoms with E-state index in [2.05, 4.69) is 4.90 Å². The normalized spacial score (nSPS) is 21.5. The third-order valence-corrected chi connectivity index (χ3v) is 6.35. The van der Waals surface area contributed by atoms with Crippen molar-refractivity contribution in [1.82, 2.24) is 4.90 Å².